The van der Waals surface area contributed by atoms with E-state index in [2.05, 4.69) is 0 Å². The van der Waals surface area contributed by atoms with Gasteiger partial charge in [-0.2, -0.15) is 10.5 Å². The topological polar surface area (TPSA) is 107 Å². The van der Waals surface area contributed by atoms with Crippen LogP contribution < -0.4 is 9.47 Å². The average Bonchev–Trinajstić information content (AvgIpc) is 2.79. The van der Waals surface area contributed by atoms with Crippen LogP contribution in [-0.2, 0) is 9.59 Å². The molecular weight excluding hydrogens is 384 g/mol. The van der Waals surface area contributed by atoms with E-state index in [1.165, 1.54) is 9.80 Å². The number of rotatable bonds is 8. The molecule has 0 spiro atoms. The monoisotopic (exact) mass is 404 g/mol. The molecule has 8 nitrogen and oxygen atoms in total. The van der Waals surface area contributed by atoms with Crippen LogP contribution in [-0.4, -0.2) is 61.0 Å². The second-order valence-corrected chi connectivity index (χ2v) is 6.55. The fourth-order valence-corrected chi connectivity index (χ4v) is 2.94. The highest BCUT2D eigenvalue weighted by Gasteiger charge is 2.32. The molecule has 1 aliphatic heterocycles. The zero-order valence-corrected chi connectivity index (χ0v) is 16.3. The van der Waals surface area contributed by atoms with Gasteiger partial charge in [-0.3, -0.25) is 9.59 Å². The highest BCUT2D eigenvalue weighted by atomic mass is 16.5. The summed E-state index contributed by atoms with van der Waals surface area (Å²) in [5.41, 5.74) is 1.09. The predicted molar refractivity (Wildman–Crippen MR) is 106 cm³/mol. The first-order valence-electron chi connectivity index (χ1n) is 9.45. The van der Waals surface area contributed by atoms with Gasteiger partial charge in [-0.15, -0.1) is 0 Å². The molecule has 0 aromatic heterocycles. The molecule has 0 atom stereocenters. The van der Waals surface area contributed by atoms with Crippen LogP contribution in [0.3, 0.4) is 0 Å². The number of piperazine rings is 1. The van der Waals surface area contributed by atoms with Gasteiger partial charge >= 0.3 is 11.8 Å². The standard InChI is InChI=1S/C22H20N4O4/c23-15-17-1-5-19(6-2-17)29-13-11-25-9-10-26(22(28)21(25)27)12-14-30-20-7-3-18(16-24)4-8-20/h1-8H,9-14H2. The van der Waals surface area contributed by atoms with Gasteiger partial charge in [-0.05, 0) is 48.5 Å². The maximum atomic E-state index is 12.3. The van der Waals surface area contributed by atoms with Crippen molar-refractivity contribution in [3.05, 3.63) is 59.7 Å². The Morgan fingerprint density at radius 3 is 1.40 bits per heavy atom. The molecule has 152 valence electrons. The number of benzene rings is 2. The Bertz CT molecular complexity index is 893. The molecule has 1 saturated heterocycles. The van der Waals surface area contributed by atoms with Crippen molar-refractivity contribution < 1.29 is 19.1 Å². The van der Waals surface area contributed by atoms with Gasteiger partial charge in [0.1, 0.15) is 24.7 Å². The number of hydrogen-bond donors (Lipinski definition) is 0. The van der Waals surface area contributed by atoms with Crippen LogP contribution in [0.2, 0.25) is 0 Å². The van der Waals surface area contributed by atoms with Crippen LogP contribution in [0.25, 0.3) is 0 Å². The normalized spacial score (nSPS) is 13.5. The summed E-state index contributed by atoms with van der Waals surface area (Å²) in [6, 6.07) is 17.5. The van der Waals surface area contributed by atoms with Gasteiger partial charge in [0.05, 0.1) is 36.4 Å². The number of carbonyl (C=O) groups is 2. The highest BCUT2D eigenvalue weighted by molar-refractivity contribution is 6.35. The predicted octanol–water partition coefficient (Wildman–Crippen LogP) is 1.56. The van der Waals surface area contributed by atoms with Crippen LogP contribution in [0.15, 0.2) is 48.5 Å². The summed E-state index contributed by atoms with van der Waals surface area (Å²) >= 11 is 0. The van der Waals surface area contributed by atoms with Crippen LogP contribution in [0.4, 0.5) is 0 Å². The lowest BCUT2D eigenvalue weighted by molar-refractivity contribution is -0.156. The van der Waals surface area contributed by atoms with E-state index in [9.17, 15) is 9.59 Å². The van der Waals surface area contributed by atoms with Crippen molar-refractivity contribution in [2.75, 3.05) is 39.4 Å². The van der Waals surface area contributed by atoms with E-state index in [1.807, 2.05) is 12.1 Å². The molecule has 0 N–H and O–H groups in total. The minimum Gasteiger partial charge on any atom is -0.492 e. The molecule has 1 aliphatic rings. The highest BCUT2D eigenvalue weighted by Crippen LogP contribution is 2.13. The molecule has 0 unspecified atom stereocenters. The molecule has 3 rings (SSSR count). The molecule has 0 aliphatic carbocycles. The number of hydrogen-bond acceptors (Lipinski definition) is 6. The van der Waals surface area contributed by atoms with Crippen LogP contribution in [0, 0.1) is 22.7 Å². The van der Waals surface area contributed by atoms with Crippen molar-refractivity contribution >= 4 is 11.8 Å². The van der Waals surface area contributed by atoms with Gasteiger partial charge in [0.2, 0.25) is 0 Å². The van der Waals surface area contributed by atoms with E-state index >= 15 is 0 Å². The molecule has 2 amide bonds. The van der Waals surface area contributed by atoms with Gasteiger partial charge in [0.15, 0.2) is 0 Å². The van der Waals surface area contributed by atoms with Crippen molar-refractivity contribution in [3.63, 3.8) is 0 Å². The van der Waals surface area contributed by atoms with Gasteiger partial charge < -0.3 is 19.3 Å². The van der Waals surface area contributed by atoms with E-state index in [1.54, 1.807) is 48.5 Å². The SMILES string of the molecule is N#Cc1ccc(OCCN2CCN(CCOc3ccc(C#N)cc3)C(=O)C2=O)cc1. The largest absolute Gasteiger partial charge is 0.492 e. The molecule has 2 aromatic rings. The first-order valence-corrected chi connectivity index (χ1v) is 9.45. The van der Waals surface area contributed by atoms with Crippen molar-refractivity contribution in [2.45, 2.75) is 0 Å². The zero-order chi connectivity index (χ0) is 21.3. The number of nitriles is 2. The third-order valence-electron chi connectivity index (χ3n) is 4.62. The van der Waals surface area contributed by atoms with Crippen molar-refractivity contribution in [1.29, 1.82) is 10.5 Å². The maximum absolute atomic E-state index is 12.3. The fraction of sp³-hybridized carbons (Fsp3) is 0.273. The maximum Gasteiger partial charge on any atom is 0.312 e. The first-order chi connectivity index (χ1) is 14.6. The van der Waals surface area contributed by atoms with Gasteiger partial charge in [-0.25, -0.2) is 0 Å². The van der Waals surface area contributed by atoms with E-state index in [4.69, 9.17) is 20.0 Å². The third kappa shape index (κ3) is 5.27. The Balaban J connectivity index is 1.40. The summed E-state index contributed by atoms with van der Waals surface area (Å²) in [5, 5.41) is 17.6. The molecule has 1 heterocycles. The summed E-state index contributed by atoms with van der Waals surface area (Å²) < 4.78 is 11.2. The lowest BCUT2D eigenvalue weighted by Crippen LogP contribution is -2.55. The Morgan fingerprint density at radius 2 is 1.07 bits per heavy atom. The molecule has 30 heavy (non-hydrogen) atoms. The Kier molecular flexibility index (Phi) is 6.86. The van der Waals surface area contributed by atoms with Crippen molar-refractivity contribution in [2.24, 2.45) is 0 Å². The smallest absolute Gasteiger partial charge is 0.312 e. The molecular formula is C22H20N4O4. The van der Waals surface area contributed by atoms with Crippen LogP contribution in [0.1, 0.15) is 11.1 Å². The van der Waals surface area contributed by atoms with E-state index in [0.717, 1.165) is 0 Å². The van der Waals surface area contributed by atoms with Gasteiger partial charge in [0.25, 0.3) is 0 Å². The minimum absolute atomic E-state index is 0.257. The molecule has 8 heteroatoms. The number of amides is 2. The average molecular weight is 404 g/mol. The number of ether oxygens (including phenoxy) is 2. The summed E-state index contributed by atoms with van der Waals surface area (Å²) in [7, 11) is 0. The van der Waals surface area contributed by atoms with E-state index < -0.39 is 11.8 Å². The van der Waals surface area contributed by atoms with Crippen LogP contribution in [0.5, 0.6) is 11.5 Å². The fourth-order valence-electron chi connectivity index (χ4n) is 2.94. The van der Waals surface area contributed by atoms with Crippen LogP contribution >= 0.6 is 0 Å². The van der Waals surface area contributed by atoms with Crippen molar-refractivity contribution in [1.82, 2.24) is 9.80 Å². The van der Waals surface area contributed by atoms with E-state index in [-0.39, 0.29) is 13.2 Å². The lowest BCUT2D eigenvalue weighted by atomic mass is 10.2. The quantitative estimate of drug-likeness (QED) is 0.618. The summed E-state index contributed by atoms with van der Waals surface area (Å²) in [5.74, 6) is 0.101. The Labute approximate surface area is 174 Å². The van der Waals surface area contributed by atoms with E-state index in [0.29, 0.717) is 48.8 Å². The molecule has 2 aromatic carbocycles. The molecule has 0 saturated carbocycles. The lowest BCUT2D eigenvalue weighted by Gasteiger charge is -2.33. The van der Waals surface area contributed by atoms with Gasteiger partial charge in [0, 0.05) is 13.1 Å². The second-order valence-electron chi connectivity index (χ2n) is 6.55. The zero-order valence-electron chi connectivity index (χ0n) is 16.3. The first kappa shape index (κ1) is 20.7. The minimum atomic E-state index is -0.553. The summed E-state index contributed by atoms with van der Waals surface area (Å²) in [6.45, 7) is 1.98. The molecule has 0 bridgehead atoms. The molecule has 1 fully saturated rings. The third-order valence-corrected chi connectivity index (χ3v) is 4.62. The Morgan fingerprint density at radius 1 is 0.700 bits per heavy atom. The summed E-state index contributed by atoms with van der Waals surface area (Å²) in [6.07, 6.45) is 0. The number of nitrogens with zero attached hydrogens (tertiary/aromatic N) is 4. The Hall–Kier alpha value is -4.04. The number of carbonyl (C=O) groups excluding carboxylic acids is 2. The van der Waals surface area contributed by atoms with Gasteiger partial charge in [-0.1, -0.05) is 0 Å². The molecule has 0 radical (unpaired) electrons. The second kappa shape index (κ2) is 9.94. The van der Waals surface area contributed by atoms with Crippen molar-refractivity contribution in [3.8, 4) is 23.6 Å². The summed E-state index contributed by atoms with van der Waals surface area (Å²) in [4.78, 5) is 27.6.